The first kappa shape index (κ1) is 14.9. The fourth-order valence-electron chi connectivity index (χ4n) is 2.37. The minimum absolute atomic E-state index is 0.392. The Hall–Kier alpha value is -3.00. The van der Waals surface area contributed by atoms with E-state index in [1.807, 2.05) is 30.3 Å². The molecule has 0 aliphatic heterocycles. The number of benzene rings is 2. The highest BCUT2D eigenvalue weighted by molar-refractivity contribution is 5.74. The van der Waals surface area contributed by atoms with Gasteiger partial charge in [-0.3, -0.25) is 0 Å². The molecule has 0 atom stereocenters. The Kier molecular flexibility index (Phi) is 3.67. The van der Waals surface area contributed by atoms with E-state index in [1.54, 1.807) is 6.07 Å². The molecule has 0 fully saturated rings. The lowest BCUT2D eigenvalue weighted by Crippen LogP contribution is -2.04. The lowest BCUT2D eigenvalue weighted by Gasteiger charge is -2.07. The first-order valence-corrected chi connectivity index (χ1v) is 6.85. The van der Waals surface area contributed by atoms with E-state index in [2.05, 4.69) is 11.1 Å². The van der Waals surface area contributed by atoms with Crippen molar-refractivity contribution in [3.63, 3.8) is 0 Å². The molecule has 0 aliphatic rings. The van der Waals surface area contributed by atoms with Gasteiger partial charge in [-0.2, -0.15) is 18.4 Å². The quantitative estimate of drug-likeness (QED) is 0.690. The summed E-state index contributed by atoms with van der Waals surface area (Å²) >= 11 is 0. The zero-order valence-corrected chi connectivity index (χ0v) is 11.9. The van der Waals surface area contributed by atoms with Gasteiger partial charge in [0.25, 0.3) is 0 Å². The number of aromatic amines is 1. The van der Waals surface area contributed by atoms with Crippen molar-refractivity contribution in [3.05, 3.63) is 71.8 Å². The SMILES string of the molecule is N#Cc1cc(-c2ccccc2)[nH]c1-c1ccc(C(F)(F)F)cc1. The number of halogens is 3. The van der Waals surface area contributed by atoms with Crippen molar-refractivity contribution in [2.45, 2.75) is 6.18 Å². The monoisotopic (exact) mass is 312 g/mol. The van der Waals surface area contributed by atoms with Crippen molar-refractivity contribution in [3.8, 4) is 28.6 Å². The molecule has 2 nitrogen and oxygen atoms in total. The number of rotatable bonds is 2. The third-order valence-corrected chi connectivity index (χ3v) is 3.52. The Labute approximate surface area is 130 Å². The van der Waals surface area contributed by atoms with E-state index in [0.29, 0.717) is 16.8 Å². The maximum atomic E-state index is 12.6. The minimum Gasteiger partial charge on any atom is -0.353 e. The summed E-state index contributed by atoms with van der Waals surface area (Å²) in [6.07, 6.45) is -4.37. The van der Waals surface area contributed by atoms with Crippen LogP contribution >= 0.6 is 0 Å². The van der Waals surface area contributed by atoms with Crippen molar-refractivity contribution >= 4 is 0 Å². The molecule has 0 bridgehead atoms. The molecule has 0 unspecified atom stereocenters. The number of H-pyrrole nitrogens is 1. The summed E-state index contributed by atoms with van der Waals surface area (Å²) in [7, 11) is 0. The number of nitriles is 1. The predicted molar refractivity (Wildman–Crippen MR) is 81.4 cm³/mol. The summed E-state index contributed by atoms with van der Waals surface area (Å²) in [6.45, 7) is 0. The third-order valence-electron chi connectivity index (χ3n) is 3.52. The highest BCUT2D eigenvalue weighted by Gasteiger charge is 2.30. The van der Waals surface area contributed by atoms with E-state index >= 15 is 0 Å². The van der Waals surface area contributed by atoms with E-state index in [4.69, 9.17) is 0 Å². The molecule has 2 aromatic carbocycles. The fourth-order valence-corrected chi connectivity index (χ4v) is 2.37. The molecule has 0 radical (unpaired) electrons. The van der Waals surface area contributed by atoms with Crippen molar-refractivity contribution in [1.82, 2.24) is 4.98 Å². The van der Waals surface area contributed by atoms with Crippen LogP contribution in [0.5, 0.6) is 0 Å². The standard InChI is InChI=1S/C18H11F3N2/c19-18(20,21)15-8-6-13(7-9-15)17-14(11-22)10-16(23-17)12-4-2-1-3-5-12/h1-10,23H. The zero-order chi connectivity index (χ0) is 16.4. The van der Waals surface area contributed by atoms with Crippen LogP contribution in [-0.4, -0.2) is 4.98 Å². The topological polar surface area (TPSA) is 39.6 Å². The van der Waals surface area contributed by atoms with Gasteiger partial charge in [-0.15, -0.1) is 0 Å². The van der Waals surface area contributed by atoms with Crippen LogP contribution in [0, 0.1) is 11.3 Å². The van der Waals surface area contributed by atoms with Gasteiger partial charge in [0.05, 0.1) is 16.8 Å². The summed E-state index contributed by atoms with van der Waals surface area (Å²) in [6, 6.07) is 17.9. The van der Waals surface area contributed by atoms with Gasteiger partial charge in [0.1, 0.15) is 6.07 Å². The van der Waals surface area contributed by atoms with Gasteiger partial charge in [0.2, 0.25) is 0 Å². The van der Waals surface area contributed by atoms with Crippen LogP contribution in [0.15, 0.2) is 60.7 Å². The molecular formula is C18H11F3N2. The van der Waals surface area contributed by atoms with Crippen LogP contribution in [0.25, 0.3) is 22.5 Å². The maximum Gasteiger partial charge on any atom is 0.416 e. The molecule has 0 aliphatic carbocycles. The number of nitrogens with zero attached hydrogens (tertiary/aromatic N) is 1. The normalized spacial score (nSPS) is 11.2. The molecule has 0 spiro atoms. The second-order valence-corrected chi connectivity index (χ2v) is 5.02. The maximum absolute atomic E-state index is 12.6. The number of hydrogen-bond acceptors (Lipinski definition) is 1. The summed E-state index contributed by atoms with van der Waals surface area (Å²) < 4.78 is 37.9. The summed E-state index contributed by atoms with van der Waals surface area (Å²) in [5, 5.41) is 9.27. The van der Waals surface area contributed by atoms with Crippen molar-refractivity contribution in [2.75, 3.05) is 0 Å². The minimum atomic E-state index is -4.37. The van der Waals surface area contributed by atoms with Gasteiger partial charge < -0.3 is 4.98 Å². The molecular weight excluding hydrogens is 301 g/mol. The van der Waals surface area contributed by atoms with Crippen LogP contribution in [0.3, 0.4) is 0 Å². The predicted octanol–water partition coefficient (Wildman–Crippen LogP) is 5.24. The summed E-state index contributed by atoms with van der Waals surface area (Å²) in [4.78, 5) is 3.12. The molecule has 5 heteroatoms. The fraction of sp³-hybridized carbons (Fsp3) is 0.0556. The first-order valence-electron chi connectivity index (χ1n) is 6.85. The van der Waals surface area contributed by atoms with Crippen molar-refractivity contribution < 1.29 is 13.2 Å². The van der Waals surface area contributed by atoms with E-state index in [9.17, 15) is 18.4 Å². The van der Waals surface area contributed by atoms with Crippen LogP contribution in [-0.2, 0) is 6.18 Å². The number of aromatic nitrogens is 1. The van der Waals surface area contributed by atoms with Crippen molar-refractivity contribution in [1.29, 1.82) is 5.26 Å². The van der Waals surface area contributed by atoms with Gasteiger partial charge >= 0.3 is 6.18 Å². The molecule has 3 rings (SSSR count). The largest absolute Gasteiger partial charge is 0.416 e. The van der Waals surface area contributed by atoms with E-state index in [-0.39, 0.29) is 0 Å². The van der Waals surface area contributed by atoms with Crippen LogP contribution in [0.2, 0.25) is 0 Å². The molecule has 114 valence electrons. The van der Waals surface area contributed by atoms with Gasteiger partial charge in [-0.25, -0.2) is 0 Å². The van der Waals surface area contributed by atoms with Crippen LogP contribution in [0.1, 0.15) is 11.1 Å². The Bertz CT molecular complexity index is 854. The number of hydrogen-bond donors (Lipinski definition) is 1. The summed E-state index contributed by atoms with van der Waals surface area (Å²) in [5.41, 5.74) is 2.38. The molecule has 23 heavy (non-hydrogen) atoms. The second-order valence-electron chi connectivity index (χ2n) is 5.02. The molecule has 1 N–H and O–H groups in total. The smallest absolute Gasteiger partial charge is 0.353 e. The molecule has 0 amide bonds. The van der Waals surface area contributed by atoms with Gasteiger partial charge in [0.15, 0.2) is 0 Å². The first-order chi connectivity index (χ1) is 11.0. The third kappa shape index (κ3) is 2.97. The highest BCUT2D eigenvalue weighted by Crippen LogP contribution is 2.33. The average Bonchev–Trinajstić information content (AvgIpc) is 2.99. The zero-order valence-electron chi connectivity index (χ0n) is 11.9. The number of nitrogens with one attached hydrogen (secondary N) is 1. The summed E-state index contributed by atoms with van der Waals surface area (Å²) in [5.74, 6) is 0. The van der Waals surface area contributed by atoms with Crippen LogP contribution in [0.4, 0.5) is 13.2 Å². The Balaban J connectivity index is 2.03. The lowest BCUT2D eigenvalue weighted by molar-refractivity contribution is -0.137. The molecule has 0 saturated carbocycles. The highest BCUT2D eigenvalue weighted by atomic mass is 19.4. The molecule has 1 aromatic heterocycles. The number of alkyl halides is 3. The Morgan fingerprint density at radius 2 is 1.52 bits per heavy atom. The molecule has 0 saturated heterocycles. The van der Waals surface area contributed by atoms with E-state index in [0.717, 1.165) is 23.4 Å². The Morgan fingerprint density at radius 3 is 2.09 bits per heavy atom. The molecule has 3 aromatic rings. The van der Waals surface area contributed by atoms with Gasteiger partial charge in [0, 0.05) is 5.69 Å². The second kappa shape index (κ2) is 5.65. The van der Waals surface area contributed by atoms with Gasteiger partial charge in [-0.05, 0) is 29.3 Å². The molecule has 1 heterocycles. The average molecular weight is 312 g/mol. The lowest BCUT2D eigenvalue weighted by atomic mass is 10.1. The van der Waals surface area contributed by atoms with Gasteiger partial charge in [-0.1, -0.05) is 42.5 Å². The van der Waals surface area contributed by atoms with E-state index < -0.39 is 11.7 Å². The Morgan fingerprint density at radius 1 is 0.870 bits per heavy atom. The van der Waals surface area contributed by atoms with Crippen LogP contribution < -0.4 is 0 Å². The van der Waals surface area contributed by atoms with E-state index in [1.165, 1.54) is 12.1 Å². The van der Waals surface area contributed by atoms with Crippen molar-refractivity contribution in [2.24, 2.45) is 0 Å².